The van der Waals surface area contributed by atoms with E-state index in [2.05, 4.69) is 27.7 Å². The van der Waals surface area contributed by atoms with Crippen LogP contribution in [0.25, 0.3) is 0 Å². The lowest BCUT2D eigenvalue weighted by molar-refractivity contribution is 0.0714. The molecule has 0 bridgehead atoms. The number of nitrogens with zero attached hydrogens (tertiary/aromatic N) is 1. The Labute approximate surface area is 129 Å². The van der Waals surface area contributed by atoms with Gasteiger partial charge in [-0.1, -0.05) is 27.7 Å². The molecule has 0 spiro atoms. The first-order chi connectivity index (χ1) is 8.81. The molecule has 1 aromatic rings. The molecule has 0 aliphatic rings. The lowest BCUT2D eigenvalue weighted by atomic mass is 10.1. The minimum atomic E-state index is -0.00546. The highest BCUT2D eigenvalue weighted by Crippen LogP contribution is 2.21. The van der Waals surface area contributed by atoms with E-state index in [1.807, 2.05) is 27.5 Å². The third-order valence-electron chi connectivity index (χ3n) is 2.65. The predicted octanol–water partition coefficient (Wildman–Crippen LogP) is 3.75. The first-order valence-electron chi connectivity index (χ1n) is 6.59. The topological polar surface area (TPSA) is 40.5 Å². The Hall–Kier alpha value is -0.780. The van der Waals surface area contributed by atoms with Gasteiger partial charge in [-0.05, 0) is 52.6 Å². The van der Waals surface area contributed by atoms with Gasteiger partial charge in [0.1, 0.15) is 5.75 Å². The van der Waals surface area contributed by atoms with Crippen molar-refractivity contribution in [2.45, 2.75) is 27.7 Å². The zero-order chi connectivity index (χ0) is 14.6. The molecule has 0 aliphatic carbocycles. The zero-order valence-corrected chi connectivity index (χ0v) is 14.1. The zero-order valence-electron chi connectivity index (χ0n) is 12.0. The third kappa shape index (κ3) is 5.01. The van der Waals surface area contributed by atoms with Crippen LogP contribution in [0.2, 0.25) is 0 Å². The Balaban J connectivity index is 2.94. The maximum Gasteiger partial charge on any atom is 0.254 e. The molecule has 0 heterocycles. The SMILES string of the molecule is CC(C)CN(CC(C)C)C(=O)c1ccc(I)c(O)c1. The van der Waals surface area contributed by atoms with Crippen LogP contribution in [0.5, 0.6) is 5.75 Å². The van der Waals surface area contributed by atoms with Crippen LogP contribution in [-0.2, 0) is 0 Å². The Morgan fingerprint density at radius 1 is 1.21 bits per heavy atom. The molecule has 1 N–H and O–H groups in total. The highest BCUT2D eigenvalue weighted by atomic mass is 127. The van der Waals surface area contributed by atoms with Crippen LogP contribution < -0.4 is 0 Å². The summed E-state index contributed by atoms with van der Waals surface area (Å²) in [6.07, 6.45) is 0. The smallest absolute Gasteiger partial charge is 0.254 e. The maximum atomic E-state index is 12.5. The van der Waals surface area contributed by atoms with Crippen LogP contribution >= 0.6 is 22.6 Å². The highest BCUT2D eigenvalue weighted by Gasteiger charge is 2.18. The molecule has 1 rings (SSSR count). The Kier molecular flexibility index (Phi) is 6.10. The van der Waals surface area contributed by atoms with Gasteiger partial charge in [0.2, 0.25) is 0 Å². The van der Waals surface area contributed by atoms with E-state index in [1.165, 1.54) is 0 Å². The Morgan fingerprint density at radius 3 is 2.16 bits per heavy atom. The van der Waals surface area contributed by atoms with E-state index in [0.29, 0.717) is 17.4 Å². The number of amides is 1. The number of phenolic OH excluding ortho intramolecular Hbond substituents is 1. The molecular weight excluding hydrogens is 353 g/mol. The van der Waals surface area contributed by atoms with Gasteiger partial charge in [0.05, 0.1) is 3.57 Å². The van der Waals surface area contributed by atoms with E-state index in [9.17, 15) is 9.90 Å². The molecule has 4 heteroatoms. The van der Waals surface area contributed by atoms with Gasteiger partial charge in [-0.25, -0.2) is 0 Å². The van der Waals surface area contributed by atoms with Crippen LogP contribution in [0, 0.1) is 15.4 Å². The van der Waals surface area contributed by atoms with E-state index in [1.54, 1.807) is 18.2 Å². The molecule has 19 heavy (non-hydrogen) atoms. The van der Waals surface area contributed by atoms with Crippen LogP contribution in [0.4, 0.5) is 0 Å². The highest BCUT2D eigenvalue weighted by molar-refractivity contribution is 14.1. The van der Waals surface area contributed by atoms with E-state index in [4.69, 9.17) is 0 Å². The van der Waals surface area contributed by atoms with Gasteiger partial charge >= 0.3 is 0 Å². The molecule has 1 amide bonds. The summed E-state index contributed by atoms with van der Waals surface area (Å²) < 4.78 is 0.758. The molecule has 106 valence electrons. The molecule has 0 radical (unpaired) electrons. The minimum Gasteiger partial charge on any atom is -0.507 e. The van der Waals surface area contributed by atoms with Crippen molar-refractivity contribution >= 4 is 28.5 Å². The fraction of sp³-hybridized carbons (Fsp3) is 0.533. The monoisotopic (exact) mass is 375 g/mol. The number of halogens is 1. The second-order valence-electron chi connectivity index (χ2n) is 5.66. The van der Waals surface area contributed by atoms with E-state index in [0.717, 1.165) is 16.7 Å². The Morgan fingerprint density at radius 2 is 1.74 bits per heavy atom. The first-order valence-corrected chi connectivity index (χ1v) is 7.67. The summed E-state index contributed by atoms with van der Waals surface area (Å²) in [5.41, 5.74) is 0.555. The van der Waals surface area contributed by atoms with Crippen molar-refractivity contribution in [2.75, 3.05) is 13.1 Å². The van der Waals surface area contributed by atoms with Crippen LogP contribution in [0.1, 0.15) is 38.1 Å². The summed E-state index contributed by atoms with van der Waals surface area (Å²) in [5, 5.41) is 9.72. The van der Waals surface area contributed by atoms with Crippen molar-refractivity contribution in [3.8, 4) is 5.75 Å². The fourth-order valence-electron chi connectivity index (χ4n) is 1.95. The molecular formula is C15H22INO2. The average Bonchev–Trinajstić information content (AvgIpc) is 2.29. The normalized spacial score (nSPS) is 11.1. The summed E-state index contributed by atoms with van der Waals surface area (Å²) in [6, 6.07) is 5.10. The van der Waals surface area contributed by atoms with Crippen molar-refractivity contribution in [3.63, 3.8) is 0 Å². The molecule has 3 nitrogen and oxygen atoms in total. The molecule has 0 saturated heterocycles. The summed E-state index contributed by atoms with van der Waals surface area (Å²) in [6.45, 7) is 9.89. The van der Waals surface area contributed by atoms with Crippen LogP contribution in [0.3, 0.4) is 0 Å². The van der Waals surface area contributed by atoms with Crippen LogP contribution in [-0.4, -0.2) is 29.0 Å². The predicted molar refractivity (Wildman–Crippen MR) is 86.4 cm³/mol. The summed E-state index contributed by atoms with van der Waals surface area (Å²) in [5.74, 6) is 1.02. The van der Waals surface area contributed by atoms with Gasteiger partial charge in [-0.2, -0.15) is 0 Å². The van der Waals surface area contributed by atoms with Gasteiger partial charge in [-0.3, -0.25) is 4.79 Å². The van der Waals surface area contributed by atoms with Gasteiger partial charge in [0.15, 0.2) is 0 Å². The van der Waals surface area contributed by atoms with Gasteiger partial charge < -0.3 is 10.0 Å². The molecule has 0 aliphatic heterocycles. The van der Waals surface area contributed by atoms with Crippen molar-refractivity contribution < 1.29 is 9.90 Å². The molecule has 0 atom stereocenters. The summed E-state index contributed by atoms with van der Waals surface area (Å²) >= 11 is 2.05. The lowest BCUT2D eigenvalue weighted by Gasteiger charge is -2.26. The van der Waals surface area contributed by atoms with E-state index < -0.39 is 0 Å². The van der Waals surface area contributed by atoms with Crippen molar-refractivity contribution in [1.82, 2.24) is 4.90 Å². The number of rotatable bonds is 5. The number of carbonyl (C=O) groups is 1. The fourth-order valence-corrected chi connectivity index (χ4v) is 2.29. The third-order valence-corrected chi connectivity index (χ3v) is 3.56. The van der Waals surface area contributed by atoms with E-state index in [-0.39, 0.29) is 11.7 Å². The number of aromatic hydroxyl groups is 1. The summed E-state index contributed by atoms with van der Waals surface area (Å²) in [4.78, 5) is 14.4. The van der Waals surface area contributed by atoms with Crippen molar-refractivity contribution in [1.29, 1.82) is 0 Å². The van der Waals surface area contributed by atoms with E-state index >= 15 is 0 Å². The van der Waals surface area contributed by atoms with Crippen molar-refractivity contribution in [3.05, 3.63) is 27.3 Å². The van der Waals surface area contributed by atoms with Crippen molar-refractivity contribution in [2.24, 2.45) is 11.8 Å². The first kappa shape index (κ1) is 16.3. The average molecular weight is 375 g/mol. The molecule has 0 aromatic heterocycles. The maximum absolute atomic E-state index is 12.5. The minimum absolute atomic E-state index is 0.00546. The number of hydrogen-bond acceptors (Lipinski definition) is 2. The largest absolute Gasteiger partial charge is 0.507 e. The number of phenols is 1. The molecule has 0 saturated carbocycles. The van der Waals surface area contributed by atoms with Gasteiger partial charge in [-0.15, -0.1) is 0 Å². The van der Waals surface area contributed by atoms with Crippen LogP contribution in [0.15, 0.2) is 18.2 Å². The van der Waals surface area contributed by atoms with Gasteiger partial charge in [0.25, 0.3) is 5.91 Å². The summed E-state index contributed by atoms with van der Waals surface area (Å²) in [7, 11) is 0. The quantitative estimate of drug-likeness (QED) is 0.797. The van der Waals surface area contributed by atoms with Gasteiger partial charge in [0, 0.05) is 18.7 Å². The Bertz CT molecular complexity index is 434. The molecule has 1 aromatic carbocycles. The number of benzene rings is 1. The number of carbonyl (C=O) groups excluding carboxylic acids is 1. The number of hydrogen-bond donors (Lipinski definition) is 1. The lowest BCUT2D eigenvalue weighted by Crippen LogP contribution is -2.37. The second kappa shape index (κ2) is 7.12. The second-order valence-corrected chi connectivity index (χ2v) is 6.83. The standard InChI is InChI=1S/C15H22INO2/c1-10(2)8-17(9-11(3)4)15(19)12-5-6-13(16)14(18)7-12/h5-7,10-11,18H,8-9H2,1-4H3. The molecule has 0 fully saturated rings. The molecule has 0 unspecified atom stereocenters.